The summed E-state index contributed by atoms with van der Waals surface area (Å²) in [7, 11) is 1.76. The summed E-state index contributed by atoms with van der Waals surface area (Å²) in [6, 6.07) is 0. The monoisotopic (exact) mass is 242 g/mol. The van der Waals surface area contributed by atoms with Gasteiger partial charge in [0.2, 0.25) is 5.16 Å². The Morgan fingerprint density at radius 2 is 2.20 bits per heavy atom. The molecular formula is C7H7ClN6S. The molecule has 2 aromatic heterocycles. The highest BCUT2D eigenvalue weighted by molar-refractivity contribution is 7.99. The molecule has 0 spiro atoms. The largest absolute Gasteiger partial charge is 0.229 e. The third-order valence-electron chi connectivity index (χ3n) is 1.75. The van der Waals surface area contributed by atoms with E-state index in [2.05, 4.69) is 25.5 Å². The molecule has 0 atom stereocenters. The molecule has 6 nitrogen and oxygen atoms in total. The Morgan fingerprint density at radius 1 is 1.40 bits per heavy atom. The van der Waals surface area contributed by atoms with Gasteiger partial charge in [-0.2, -0.15) is 0 Å². The van der Waals surface area contributed by atoms with Crippen molar-refractivity contribution in [3.63, 3.8) is 0 Å². The van der Waals surface area contributed by atoms with Crippen LogP contribution in [0.5, 0.6) is 0 Å². The molecule has 2 rings (SSSR count). The zero-order valence-electron chi connectivity index (χ0n) is 8.05. The second-order valence-electron chi connectivity index (χ2n) is 2.78. The molecular weight excluding hydrogens is 236 g/mol. The van der Waals surface area contributed by atoms with Gasteiger partial charge in [-0.15, -0.1) is 5.10 Å². The van der Waals surface area contributed by atoms with Crippen molar-refractivity contribution >= 4 is 23.4 Å². The summed E-state index contributed by atoms with van der Waals surface area (Å²) in [5.41, 5.74) is 0.826. The van der Waals surface area contributed by atoms with E-state index in [9.17, 15) is 0 Å². The minimum Gasteiger partial charge on any atom is -0.229 e. The molecule has 0 radical (unpaired) electrons. The molecule has 0 saturated heterocycles. The van der Waals surface area contributed by atoms with E-state index < -0.39 is 0 Å². The van der Waals surface area contributed by atoms with Gasteiger partial charge in [-0.1, -0.05) is 11.6 Å². The highest BCUT2D eigenvalue weighted by Gasteiger charge is 2.10. The number of hydrogen-bond acceptors (Lipinski definition) is 6. The summed E-state index contributed by atoms with van der Waals surface area (Å²) in [5, 5.41) is 13.0. The highest BCUT2D eigenvalue weighted by atomic mass is 35.5. The van der Waals surface area contributed by atoms with Gasteiger partial charge in [-0.05, 0) is 29.1 Å². The topological polar surface area (TPSA) is 69.4 Å². The second-order valence-corrected chi connectivity index (χ2v) is 4.10. The summed E-state index contributed by atoms with van der Waals surface area (Å²) in [4.78, 5) is 7.99. The van der Waals surface area contributed by atoms with Crippen LogP contribution in [0, 0.1) is 6.92 Å². The number of halogens is 1. The van der Waals surface area contributed by atoms with Crippen LogP contribution in [-0.2, 0) is 7.05 Å². The van der Waals surface area contributed by atoms with E-state index in [0.717, 1.165) is 10.6 Å². The van der Waals surface area contributed by atoms with Crippen molar-refractivity contribution in [3.8, 4) is 0 Å². The molecule has 0 aromatic carbocycles. The molecule has 0 fully saturated rings. The van der Waals surface area contributed by atoms with Crippen LogP contribution in [0.1, 0.15) is 5.56 Å². The summed E-state index contributed by atoms with van der Waals surface area (Å²) in [5.74, 6) is 0. The molecule has 0 unspecified atom stereocenters. The minimum atomic E-state index is 0.447. The van der Waals surface area contributed by atoms with Crippen molar-refractivity contribution in [1.82, 2.24) is 30.2 Å². The normalized spacial score (nSPS) is 10.6. The molecule has 8 heteroatoms. The van der Waals surface area contributed by atoms with Crippen LogP contribution in [0.25, 0.3) is 0 Å². The molecule has 0 aliphatic carbocycles. The maximum atomic E-state index is 5.87. The van der Waals surface area contributed by atoms with Gasteiger partial charge in [0, 0.05) is 12.6 Å². The van der Waals surface area contributed by atoms with Gasteiger partial charge < -0.3 is 0 Å². The van der Waals surface area contributed by atoms with Crippen molar-refractivity contribution in [3.05, 3.63) is 17.0 Å². The number of hydrogen-bond donors (Lipinski definition) is 0. The summed E-state index contributed by atoms with van der Waals surface area (Å²) in [6.45, 7) is 1.86. The molecule has 15 heavy (non-hydrogen) atoms. The summed E-state index contributed by atoms with van der Waals surface area (Å²) < 4.78 is 1.57. The summed E-state index contributed by atoms with van der Waals surface area (Å²) in [6.07, 6.45) is 1.42. The summed E-state index contributed by atoms with van der Waals surface area (Å²) >= 11 is 7.22. The van der Waals surface area contributed by atoms with Crippen LogP contribution >= 0.6 is 23.4 Å². The Labute approximate surface area is 95.1 Å². The predicted molar refractivity (Wildman–Crippen MR) is 54.7 cm³/mol. The van der Waals surface area contributed by atoms with E-state index in [1.165, 1.54) is 18.1 Å². The second kappa shape index (κ2) is 4.11. The fourth-order valence-corrected chi connectivity index (χ4v) is 1.87. The standard InChI is InChI=1S/C7H7ClN6S/c1-4-5(8)9-3-10-6(4)15-7-11-12-13-14(7)2/h3H,1-2H3. The van der Waals surface area contributed by atoms with Gasteiger partial charge in [0.15, 0.2) is 0 Å². The average molecular weight is 243 g/mol. The molecule has 0 bridgehead atoms. The number of aromatic nitrogens is 6. The third kappa shape index (κ3) is 2.07. The van der Waals surface area contributed by atoms with E-state index in [-0.39, 0.29) is 0 Å². The van der Waals surface area contributed by atoms with Gasteiger partial charge in [-0.25, -0.2) is 14.6 Å². The van der Waals surface area contributed by atoms with Crippen molar-refractivity contribution in [2.24, 2.45) is 7.05 Å². The SMILES string of the molecule is Cc1c(Cl)ncnc1Sc1nnnn1C. The molecule has 0 aliphatic heterocycles. The Bertz CT molecular complexity index is 484. The lowest BCUT2D eigenvalue weighted by Gasteiger charge is -2.02. The zero-order chi connectivity index (χ0) is 10.8. The molecule has 2 aromatic rings. The van der Waals surface area contributed by atoms with E-state index in [1.54, 1.807) is 11.7 Å². The molecule has 0 amide bonds. The Hall–Kier alpha value is -1.21. The fourth-order valence-electron chi connectivity index (χ4n) is 0.911. The maximum absolute atomic E-state index is 5.87. The van der Waals surface area contributed by atoms with E-state index in [1.807, 2.05) is 6.92 Å². The molecule has 0 N–H and O–H groups in total. The third-order valence-corrected chi connectivity index (χ3v) is 3.26. The van der Waals surface area contributed by atoms with Crippen LogP contribution in [0.4, 0.5) is 0 Å². The lowest BCUT2D eigenvalue weighted by Crippen LogP contribution is -1.95. The van der Waals surface area contributed by atoms with Crippen LogP contribution < -0.4 is 0 Å². The van der Waals surface area contributed by atoms with E-state index in [4.69, 9.17) is 11.6 Å². The molecule has 0 saturated carbocycles. The maximum Gasteiger partial charge on any atom is 0.215 e. The predicted octanol–water partition coefficient (Wildman–Crippen LogP) is 1.11. The van der Waals surface area contributed by atoms with E-state index >= 15 is 0 Å². The number of aryl methyl sites for hydroxylation is 1. The molecule has 2 heterocycles. The van der Waals surface area contributed by atoms with Gasteiger partial charge in [-0.3, -0.25) is 0 Å². The molecule has 78 valence electrons. The first-order chi connectivity index (χ1) is 7.18. The number of tetrazole rings is 1. The van der Waals surface area contributed by atoms with Gasteiger partial charge >= 0.3 is 0 Å². The van der Waals surface area contributed by atoms with Gasteiger partial charge in [0.1, 0.15) is 16.5 Å². The Kier molecular flexibility index (Phi) is 2.83. The number of nitrogens with zero attached hydrogens (tertiary/aromatic N) is 6. The first kappa shape index (κ1) is 10.3. The van der Waals surface area contributed by atoms with Crippen LogP contribution in [0.15, 0.2) is 16.5 Å². The van der Waals surface area contributed by atoms with Gasteiger partial charge in [0.25, 0.3) is 0 Å². The van der Waals surface area contributed by atoms with Crippen molar-refractivity contribution < 1.29 is 0 Å². The van der Waals surface area contributed by atoms with Crippen molar-refractivity contribution in [2.75, 3.05) is 0 Å². The first-order valence-corrected chi connectivity index (χ1v) is 5.25. The first-order valence-electron chi connectivity index (χ1n) is 4.06. The quantitative estimate of drug-likeness (QED) is 0.735. The Morgan fingerprint density at radius 3 is 2.87 bits per heavy atom. The van der Waals surface area contributed by atoms with Crippen molar-refractivity contribution in [1.29, 1.82) is 0 Å². The fraction of sp³-hybridized carbons (Fsp3) is 0.286. The lowest BCUT2D eigenvalue weighted by atomic mass is 10.4. The molecule has 0 aliphatic rings. The average Bonchev–Trinajstić information content (AvgIpc) is 2.60. The van der Waals surface area contributed by atoms with Crippen LogP contribution in [0.3, 0.4) is 0 Å². The van der Waals surface area contributed by atoms with E-state index in [0.29, 0.717) is 10.3 Å². The lowest BCUT2D eigenvalue weighted by molar-refractivity contribution is 0.664. The van der Waals surface area contributed by atoms with Crippen molar-refractivity contribution in [2.45, 2.75) is 17.1 Å². The Balaban J connectivity index is 2.33. The van der Waals surface area contributed by atoms with Crippen LogP contribution in [-0.4, -0.2) is 30.2 Å². The highest BCUT2D eigenvalue weighted by Crippen LogP contribution is 2.27. The minimum absolute atomic E-state index is 0.447. The van der Waals surface area contributed by atoms with Crippen LogP contribution in [0.2, 0.25) is 5.15 Å². The smallest absolute Gasteiger partial charge is 0.215 e. The van der Waals surface area contributed by atoms with Gasteiger partial charge in [0.05, 0.1) is 0 Å². The zero-order valence-corrected chi connectivity index (χ0v) is 9.62. The number of rotatable bonds is 2.